The summed E-state index contributed by atoms with van der Waals surface area (Å²) in [6.45, 7) is 0.348. The topological polar surface area (TPSA) is 72.7 Å². The second kappa shape index (κ2) is 5.08. The highest BCUT2D eigenvalue weighted by atomic mass is 16.1. The Hall–Kier alpha value is -2.76. The molecule has 0 aliphatic heterocycles. The number of carbonyl (C=O) groups excluding carboxylic acids is 1. The van der Waals surface area contributed by atoms with Crippen molar-refractivity contribution in [1.29, 1.82) is 0 Å². The van der Waals surface area contributed by atoms with E-state index in [9.17, 15) is 4.79 Å². The maximum absolute atomic E-state index is 11.9. The molecule has 1 aromatic carbocycles. The van der Waals surface area contributed by atoms with Crippen LogP contribution in [0.4, 0.5) is 0 Å². The summed E-state index contributed by atoms with van der Waals surface area (Å²) in [5.74, 6) is 0.536. The van der Waals surface area contributed by atoms with Crippen molar-refractivity contribution in [3.8, 4) is 0 Å². The summed E-state index contributed by atoms with van der Waals surface area (Å²) in [5, 5.41) is 2.79. The van der Waals surface area contributed by atoms with Gasteiger partial charge in [0.15, 0.2) is 0 Å². The van der Waals surface area contributed by atoms with E-state index in [1.54, 1.807) is 0 Å². The lowest BCUT2D eigenvalue weighted by Crippen LogP contribution is -2.25. The zero-order valence-corrected chi connectivity index (χ0v) is 10.9. The highest BCUT2D eigenvalue weighted by Crippen LogP contribution is 2.13. The number of para-hydroxylation sites is 2. The molecule has 0 unspecified atom stereocenters. The molecule has 0 aliphatic rings. The summed E-state index contributed by atoms with van der Waals surface area (Å²) < 4.78 is 1.96. The van der Waals surface area contributed by atoms with Crippen LogP contribution in [0.25, 0.3) is 11.0 Å². The van der Waals surface area contributed by atoms with Gasteiger partial charge in [0.25, 0.3) is 5.91 Å². The van der Waals surface area contributed by atoms with Crippen molar-refractivity contribution in [3.05, 3.63) is 54.4 Å². The Labute approximate surface area is 115 Å². The van der Waals surface area contributed by atoms with Crippen LogP contribution in [-0.4, -0.2) is 25.4 Å². The molecular weight excluding hydrogens is 254 g/mol. The molecule has 0 saturated heterocycles. The number of nitrogens with one attached hydrogen (secondary N) is 1. The van der Waals surface area contributed by atoms with Crippen molar-refractivity contribution in [1.82, 2.24) is 24.8 Å². The smallest absolute Gasteiger partial charge is 0.271 e. The van der Waals surface area contributed by atoms with E-state index in [1.807, 2.05) is 35.9 Å². The summed E-state index contributed by atoms with van der Waals surface area (Å²) in [6, 6.07) is 7.85. The first-order valence-corrected chi connectivity index (χ1v) is 6.20. The fourth-order valence-corrected chi connectivity index (χ4v) is 2.02. The Morgan fingerprint density at radius 2 is 2.15 bits per heavy atom. The maximum Gasteiger partial charge on any atom is 0.271 e. The number of rotatable bonds is 3. The third kappa shape index (κ3) is 2.23. The van der Waals surface area contributed by atoms with Crippen LogP contribution in [0.1, 0.15) is 16.3 Å². The number of imidazole rings is 1. The molecule has 20 heavy (non-hydrogen) atoms. The first-order chi connectivity index (χ1) is 9.75. The van der Waals surface area contributed by atoms with Crippen molar-refractivity contribution < 1.29 is 4.79 Å². The van der Waals surface area contributed by atoms with Crippen molar-refractivity contribution in [2.45, 2.75) is 6.54 Å². The number of hydrogen-bond donors (Lipinski definition) is 1. The summed E-state index contributed by atoms with van der Waals surface area (Å²) in [4.78, 5) is 24.2. The number of fused-ring (bicyclic) bond motifs is 1. The maximum atomic E-state index is 11.9. The predicted octanol–water partition coefficient (Wildman–Crippen LogP) is 1.29. The van der Waals surface area contributed by atoms with E-state index in [2.05, 4.69) is 20.3 Å². The zero-order chi connectivity index (χ0) is 13.9. The van der Waals surface area contributed by atoms with Gasteiger partial charge in [-0.05, 0) is 12.1 Å². The third-order valence-electron chi connectivity index (χ3n) is 3.08. The molecule has 1 amide bonds. The molecule has 0 fully saturated rings. The SMILES string of the molecule is Cn1c(CNC(=O)c2cnccn2)nc2ccccc21. The van der Waals surface area contributed by atoms with Crippen LogP contribution in [0.15, 0.2) is 42.9 Å². The summed E-state index contributed by atoms with van der Waals surface area (Å²) in [6.07, 6.45) is 4.45. The number of amides is 1. The van der Waals surface area contributed by atoms with Gasteiger partial charge in [-0.2, -0.15) is 0 Å². The summed E-state index contributed by atoms with van der Waals surface area (Å²) in [7, 11) is 1.93. The highest BCUT2D eigenvalue weighted by Gasteiger charge is 2.10. The van der Waals surface area contributed by atoms with Gasteiger partial charge in [-0.15, -0.1) is 0 Å². The second-order valence-corrected chi connectivity index (χ2v) is 4.35. The minimum atomic E-state index is -0.259. The molecule has 0 spiro atoms. The van der Waals surface area contributed by atoms with Crippen LogP contribution in [0.2, 0.25) is 0 Å². The Bertz CT molecular complexity index is 751. The standard InChI is InChI=1S/C14H13N5O/c1-19-12-5-3-2-4-10(12)18-13(19)9-17-14(20)11-8-15-6-7-16-11/h2-8H,9H2,1H3,(H,17,20). The summed E-state index contributed by atoms with van der Waals surface area (Å²) >= 11 is 0. The molecule has 6 heteroatoms. The Kier molecular flexibility index (Phi) is 3.12. The molecule has 2 aromatic heterocycles. The molecule has 3 aromatic rings. The van der Waals surface area contributed by atoms with E-state index in [0.29, 0.717) is 12.2 Å². The molecular formula is C14H13N5O. The lowest BCUT2D eigenvalue weighted by atomic mass is 10.3. The molecule has 3 rings (SSSR count). The van der Waals surface area contributed by atoms with Crippen LogP contribution >= 0.6 is 0 Å². The van der Waals surface area contributed by atoms with E-state index in [4.69, 9.17) is 0 Å². The molecule has 0 aliphatic carbocycles. The fraction of sp³-hybridized carbons (Fsp3) is 0.143. The van der Waals surface area contributed by atoms with Crippen LogP contribution in [0.3, 0.4) is 0 Å². The number of benzene rings is 1. The number of hydrogen-bond acceptors (Lipinski definition) is 4. The fourth-order valence-electron chi connectivity index (χ4n) is 2.02. The average Bonchev–Trinajstić information content (AvgIpc) is 2.83. The quantitative estimate of drug-likeness (QED) is 0.776. The highest BCUT2D eigenvalue weighted by molar-refractivity contribution is 5.91. The number of carbonyl (C=O) groups is 1. The minimum absolute atomic E-state index is 0.259. The van der Waals surface area contributed by atoms with Crippen molar-refractivity contribution >= 4 is 16.9 Å². The van der Waals surface area contributed by atoms with Crippen molar-refractivity contribution in [2.75, 3.05) is 0 Å². The van der Waals surface area contributed by atoms with Crippen LogP contribution in [0.5, 0.6) is 0 Å². The van der Waals surface area contributed by atoms with E-state index in [-0.39, 0.29) is 5.91 Å². The zero-order valence-electron chi connectivity index (χ0n) is 10.9. The minimum Gasteiger partial charge on any atom is -0.343 e. The lowest BCUT2D eigenvalue weighted by molar-refractivity contribution is 0.0944. The average molecular weight is 267 g/mol. The second-order valence-electron chi connectivity index (χ2n) is 4.35. The van der Waals surface area contributed by atoms with Gasteiger partial charge < -0.3 is 9.88 Å². The largest absolute Gasteiger partial charge is 0.343 e. The van der Waals surface area contributed by atoms with E-state index in [0.717, 1.165) is 16.9 Å². The van der Waals surface area contributed by atoms with Gasteiger partial charge in [0.05, 0.1) is 23.8 Å². The Morgan fingerprint density at radius 1 is 1.30 bits per heavy atom. The summed E-state index contributed by atoms with van der Waals surface area (Å²) in [5.41, 5.74) is 2.25. The van der Waals surface area contributed by atoms with Gasteiger partial charge in [0.1, 0.15) is 11.5 Å². The van der Waals surface area contributed by atoms with Gasteiger partial charge >= 0.3 is 0 Å². The predicted molar refractivity (Wildman–Crippen MR) is 73.9 cm³/mol. The van der Waals surface area contributed by atoms with Gasteiger partial charge in [-0.3, -0.25) is 9.78 Å². The first-order valence-electron chi connectivity index (χ1n) is 6.20. The van der Waals surface area contributed by atoms with Gasteiger partial charge in [-0.1, -0.05) is 12.1 Å². The molecule has 1 N–H and O–H groups in total. The van der Waals surface area contributed by atoms with E-state index in [1.165, 1.54) is 18.6 Å². The molecule has 100 valence electrons. The number of nitrogens with zero attached hydrogens (tertiary/aromatic N) is 4. The van der Waals surface area contributed by atoms with Crippen LogP contribution in [-0.2, 0) is 13.6 Å². The van der Waals surface area contributed by atoms with Crippen molar-refractivity contribution in [2.24, 2.45) is 7.05 Å². The van der Waals surface area contributed by atoms with E-state index >= 15 is 0 Å². The van der Waals surface area contributed by atoms with Crippen molar-refractivity contribution in [3.63, 3.8) is 0 Å². The Balaban J connectivity index is 1.77. The normalized spacial score (nSPS) is 10.7. The first kappa shape index (κ1) is 12.3. The molecule has 2 heterocycles. The van der Waals surface area contributed by atoms with Crippen LogP contribution in [0, 0.1) is 0 Å². The van der Waals surface area contributed by atoms with Gasteiger partial charge in [-0.25, -0.2) is 9.97 Å². The molecule has 6 nitrogen and oxygen atoms in total. The van der Waals surface area contributed by atoms with Gasteiger partial charge in [0.2, 0.25) is 0 Å². The lowest BCUT2D eigenvalue weighted by Gasteiger charge is -2.04. The third-order valence-corrected chi connectivity index (χ3v) is 3.08. The Morgan fingerprint density at radius 3 is 2.90 bits per heavy atom. The number of aromatic nitrogens is 4. The molecule has 0 saturated carbocycles. The van der Waals surface area contributed by atoms with Gasteiger partial charge in [0, 0.05) is 19.4 Å². The monoisotopic (exact) mass is 267 g/mol. The molecule has 0 bridgehead atoms. The van der Waals surface area contributed by atoms with E-state index < -0.39 is 0 Å². The number of aryl methyl sites for hydroxylation is 1. The van der Waals surface area contributed by atoms with Crippen LogP contribution < -0.4 is 5.32 Å². The molecule has 0 atom stereocenters. The molecule has 0 radical (unpaired) electrons.